The molecule has 0 aliphatic rings. The van der Waals surface area contributed by atoms with Crippen LogP contribution in [-0.2, 0) is 28.6 Å². The molecule has 1 atom stereocenters. The summed E-state index contributed by atoms with van der Waals surface area (Å²) in [5.41, 5.74) is 0. The molecule has 0 rings (SSSR count). The van der Waals surface area contributed by atoms with Crippen molar-refractivity contribution in [3.8, 4) is 0 Å². The Bertz CT molecular complexity index is 1310. The van der Waals surface area contributed by atoms with E-state index in [1.54, 1.807) is 0 Å². The van der Waals surface area contributed by atoms with Crippen molar-refractivity contribution in [2.24, 2.45) is 0 Å². The highest BCUT2D eigenvalue weighted by molar-refractivity contribution is 5.71. The minimum absolute atomic E-state index is 0.0796. The smallest absolute Gasteiger partial charge is 0.306 e. The van der Waals surface area contributed by atoms with Gasteiger partial charge < -0.3 is 14.2 Å². The van der Waals surface area contributed by atoms with Gasteiger partial charge in [-0.1, -0.05) is 261 Å². The first-order valence-electron chi connectivity index (χ1n) is 31.8. The Balaban J connectivity index is 4.37. The third-order valence-electron chi connectivity index (χ3n) is 14.0. The molecular formula is C67H120O6. The summed E-state index contributed by atoms with van der Waals surface area (Å²) in [7, 11) is 0. The van der Waals surface area contributed by atoms with Crippen molar-refractivity contribution in [2.75, 3.05) is 13.2 Å². The second-order valence-corrected chi connectivity index (χ2v) is 21.3. The highest BCUT2D eigenvalue weighted by Gasteiger charge is 2.19. The van der Waals surface area contributed by atoms with E-state index in [1.807, 2.05) is 0 Å². The Morgan fingerprint density at radius 2 is 0.493 bits per heavy atom. The van der Waals surface area contributed by atoms with Gasteiger partial charge in [-0.05, 0) is 109 Å². The lowest BCUT2D eigenvalue weighted by atomic mass is 10.1. The van der Waals surface area contributed by atoms with Crippen molar-refractivity contribution in [1.29, 1.82) is 0 Å². The number of unbranched alkanes of at least 4 members (excludes halogenated alkanes) is 37. The lowest BCUT2D eigenvalue weighted by molar-refractivity contribution is -0.167. The molecule has 6 nitrogen and oxygen atoms in total. The van der Waals surface area contributed by atoms with Gasteiger partial charge in [0.2, 0.25) is 0 Å². The van der Waals surface area contributed by atoms with Crippen LogP contribution in [0.15, 0.2) is 60.8 Å². The van der Waals surface area contributed by atoms with Crippen LogP contribution in [0.1, 0.15) is 329 Å². The number of esters is 3. The summed E-state index contributed by atoms with van der Waals surface area (Å²) in [6.07, 6.45) is 77.9. The van der Waals surface area contributed by atoms with Gasteiger partial charge in [-0.3, -0.25) is 14.4 Å². The number of rotatable bonds is 58. The minimum atomic E-state index is -0.783. The van der Waals surface area contributed by atoms with Gasteiger partial charge in [-0.25, -0.2) is 0 Å². The van der Waals surface area contributed by atoms with Gasteiger partial charge in [0.05, 0.1) is 0 Å². The first-order valence-corrected chi connectivity index (χ1v) is 31.8. The molecule has 0 fully saturated rings. The molecule has 0 spiro atoms. The fourth-order valence-electron chi connectivity index (χ4n) is 9.15. The Morgan fingerprint density at radius 1 is 0.274 bits per heavy atom. The molecule has 6 heteroatoms. The maximum absolute atomic E-state index is 12.9. The van der Waals surface area contributed by atoms with Crippen LogP contribution in [0.2, 0.25) is 0 Å². The molecule has 0 radical (unpaired) electrons. The summed E-state index contributed by atoms with van der Waals surface area (Å²) in [6.45, 7) is 6.62. The summed E-state index contributed by atoms with van der Waals surface area (Å²) in [4.78, 5) is 38.3. The zero-order chi connectivity index (χ0) is 52.9. The van der Waals surface area contributed by atoms with Gasteiger partial charge in [0, 0.05) is 19.3 Å². The number of allylic oxidation sites excluding steroid dienone is 10. The maximum Gasteiger partial charge on any atom is 0.306 e. The molecule has 0 saturated carbocycles. The van der Waals surface area contributed by atoms with Gasteiger partial charge >= 0.3 is 17.9 Å². The summed E-state index contributed by atoms with van der Waals surface area (Å²) >= 11 is 0. The van der Waals surface area contributed by atoms with Crippen LogP contribution < -0.4 is 0 Å². The van der Waals surface area contributed by atoms with Gasteiger partial charge in [-0.2, -0.15) is 0 Å². The maximum atomic E-state index is 12.9. The standard InChI is InChI=1S/C67H120O6/c1-4-7-10-13-16-19-22-25-28-31-32-33-34-37-39-42-45-48-51-54-57-60-66(69)72-63-64(73-67(70)61-58-55-52-49-46-43-40-36-30-27-24-21-18-15-12-9-6-3)62-71-65(68)59-56-53-50-47-44-41-38-35-29-26-23-20-17-14-11-8-5-2/h17-18,20-21,26-27,29-32,64H,4-16,19,22-25,28,33-63H2,1-3H3/b20-17-,21-18-,29-26-,30-27-,32-31-. The highest BCUT2D eigenvalue weighted by atomic mass is 16.6. The summed E-state index contributed by atoms with van der Waals surface area (Å²) in [5.74, 6) is -0.881. The normalized spacial score (nSPS) is 12.4. The molecule has 0 N–H and O–H groups in total. The lowest BCUT2D eigenvalue weighted by Crippen LogP contribution is -2.30. The van der Waals surface area contributed by atoms with E-state index in [9.17, 15) is 14.4 Å². The quantitative estimate of drug-likeness (QED) is 0.0261. The Hall–Kier alpha value is -2.89. The van der Waals surface area contributed by atoms with E-state index in [2.05, 4.69) is 81.5 Å². The molecule has 0 heterocycles. The predicted molar refractivity (Wildman–Crippen MR) is 316 cm³/mol. The summed E-state index contributed by atoms with van der Waals surface area (Å²) in [6, 6.07) is 0. The fraction of sp³-hybridized carbons (Fsp3) is 0.806. The average Bonchev–Trinajstić information content (AvgIpc) is 3.39. The number of ether oxygens (including phenoxy) is 3. The molecule has 0 saturated heterocycles. The van der Waals surface area contributed by atoms with Crippen molar-refractivity contribution >= 4 is 17.9 Å². The van der Waals surface area contributed by atoms with Crippen molar-refractivity contribution in [1.82, 2.24) is 0 Å². The number of carbonyl (C=O) groups excluding carboxylic acids is 3. The summed E-state index contributed by atoms with van der Waals surface area (Å²) < 4.78 is 16.9. The average molecular weight is 1020 g/mol. The van der Waals surface area contributed by atoms with Gasteiger partial charge in [0.1, 0.15) is 13.2 Å². The largest absolute Gasteiger partial charge is 0.462 e. The van der Waals surface area contributed by atoms with Crippen LogP contribution >= 0.6 is 0 Å². The van der Waals surface area contributed by atoms with E-state index in [0.29, 0.717) is 19.3 Å². The van der Waals surface area contributed by atoms with Crippen molar-refractivity contribution < 1.29 is 28.6 Å². The minimum Gasteiger partial charge on any atom is -0.462 e. The van der Waals surface area contributed by atoms with E-state index in [4.69, 9.17) is 14.2 Å². The van der Waals surface area contributed by atoms with Gasteiger partial charge in [-0.15, -0.1) is 0 Å². The van der Waals surface area contributed by atoms with Gasteiger partial charge in [0.25, 0.3) is 0 Å². The van der Waals surface area contributed by atoms with Gasteiger partial charge in [0.15, 0.2) is 6.10 Å². The third kappa shape index (κ3) is 59.9. The molecule has 0 aromatic heterocycles. The molecule has 0 aliphatic heterocycles. The third-order valence-corrected chi connectivity index (χ3v) is 14.0. The molecule has 0 bridgehead atoms. The van der Waals surface area contributed by atoms with Crippen LogP contribution in [0.3, 0.4) is 0 Å². The number of carbonyl (C=O) groups is 3. The summed E-state index contributed by atoms with van der Waals surface area (Å²) in [5, 5.41) is 0. The number of hydrogen-bond donors (Lipinski definition) is 0. The lowest BCUT2D eigenvalue weighted by Gasteiger charge is -2.18. The molecule has 0 aromatic rings. The van der Waals surface area contributed by atoms with E-state index >= 15 is 0 Å². The van der Waals surface area contributed by atoms with Crippen LogP contribution in [0.4, 0.5) is 0 Å². The highest BCUT2D eigenvalue weighted by Crippen LogP contribution is 2.16. The molecule has 1 unspecified atom stereocenters. The van der Waals surface area contributed by atoms with Crippen LogP contribution in [0, 0.1) is 0 Å². The second kappa shape index (κ2) is 61.7. The monoisotopic (exact) mass is 1020 g/mol. The SMILES string of the molecule is CCCCC/C=C\C/C=C\CCCCCCCCCC(=O)OCC(COC(=O)CCCCCCCCCCC/C=C\CCCCCCCCCC)OC(=O)CCCCCCCCC/C=C\C/C=C\CCCCC. The van der Waals surface area contributed by atoms with E-state index < -0.39 is 6.10 Å². The zero-order valence-corrected chi connectivity index (χ0v) is 48.7. The fourth-order valence-corrected chi connectivity index (χ4v) is 9.15. The molecular weight excluding hydrogens is 901 g/mol. The van der Waals surface area contributed by atoms with Crippen molar-refractivity contribution in [2.45, 2.75) is 335 Å². The van der Waals surface area contributed by atoms with Crippen molar-refractivity contribution in [3.63, 3.8) is 0 Å². The van der Waals surface area contributed by atoms with Crippen LogP contribution in [0.25, 0.3) is 0 Å². The zero-order valence-electron chi connectivity index (χ0n) is 48.7. The molecule has 0 aliphatic carbocycles. The Kier molecular flexibility index (Phi) is 59.2. The van der Waals surface area contributed by atoms with Crippen LogP contribution in [-0.4, -0.2) is 37.2 Å². The van der Waals surface area contributed by atoms with E-state index in [0.717, 1.165) is 83.5 Å². The topological polar surface area (TPSA) is 78.9 Å². The van der Waals surface area contributed by atoms with E-state index in [1.165, 1.54) is 205 Å². The molecule has 73 heavy (non-hydrogen) atoms. The Morgan fingerprint density at radius 3 is 0.795 bits per heavy atom. The van der Waals surface area contributed by atoms with E-state index in [-0.39, 0.29) is 31.1 Å². The van der Waals surface area contributed by atoms with Crippen LogP contribution in [0.5, 0.6) is 0 Å². The first kappa shape index (κ1) is 70.1. The predicted octanol–water partition coefficient (Wildman–Crippen LogP) is 21.6. The number of hydrogen-bond acceptors (Lipinski definition) is 6. The Labute approximate surface area is 453 Å². The van der Waals surface area contributed by atoms with Crippen molar-refractivity contribution in [3.05, 3.63) is 60.8 Å². The molecule has 0 aromatic carbocycles. The molecule has 0 amide bonds. The molecule has 424 valence electrons. The second-order valence-electron chi connectivity index (χ2n) is 21.3. The first-order chi connectivity index (χ1) is 36.0.